The first-order chi connectivity index (χ1) is 20.5. The number of hydrogen-bond donors (Lipinski definition) is 4. The summed E-state index contributed by atoms with van der Waals surface area (Å²) < 4.78 is 0. The van der Waals surface area contributed by atoms with Gasteiger partial charge in [0, 0.05) is 19.6 Å². The van der Waals surface area contributed by atoms with Gasteiger partial charge in [0.15, 0.2) is 0 Å². The van der Waals surface area contributed by atoms with Crippen molar-refractivity contribution in [1.29, 1.82) is 0 Å². The number of amides is 5. The van der Waals surface area contributed by atoms with Crippen LogP contribution in [-0.2, 0) is 32.0 Å². The number of Topliss-reactive ketones (excluding diaryl/α,β-unsaturated/α-hetero) is 1. The summed E-state index contributed by atoms with van der Waals surface area (Å²) in [5.41, 5.74) is 2.14. The van der Waals surface area contributed by atoms with Gasteiger partial charge in [-0.05, 0) is 66.4 Å². The molecule has 4 rings (SSSR count). The van der Waals surface area contributed by atoms with Crippen molar-refractivity contribution in [2.45, 2.75) is 71.0 Å². The highest BCUT2D eigenvalue weighted by Crippen LogP contribution is 2.65. The van der Waals surface area contributed by atoms with Crippen LogP contribution in [-0.4, -0.2) is 72.2 Å². The van der Waals surface area contributed by atoms with E-state index in [1.807, 2.05) is 31.2 Å². The Hall–Kier alpha value is -3.95. The van der Waals surface area contributed by atoms with Crippen LogP contribution in [0.5, 0.6) is 0 Å². The first-order valence-corrected chi connectivity index (χ1v) is 15.3. The number of piperidine rings is 1. The van der Waals surface area contributed by atoms with Crippen molar-refractivity contribution in [3.05, 3.63) is 60.7 Å². The van der Waals surface area contributed by atoms with Crippen LogP contribution in [0.1, 0.15) is 51.2 Å². The van der Waals surface area contributed by atoms with Crippen molar-refractivity contribution >= 4 is 29.5 Å². The molecule has 2 fully saturated rings. The van der Waals surface area contributed by atoms with E-state index < -0.39 is 41.8 Å². The Bertz CT molecular complexity index is 1250. The highest BCUT2D eigenvalue weighted by molar-refractivity contribution is 6.38. The third-order valence-electron chi connectivity index (χ3n) is 9.33. The second kappa shape index (κ2) is 13.6. The molecule has 10 heteroatoms. The Kier molecular flexibility index (Phi) is 10.1. The molecule has 0 radical (unpaired) electrons. The topological polar surface area (TPSA) is 137 Å². The Morgan fingerprint density at radius 3 is 2.30 bits per heavy atom. The molecule has 5 atom stereocenters. The largest absolute Gasteiger partial charge is 0.346 e. The van der Waals surface area contributed by atoms with Crippen LogP contribution in [0.4, 0.5) is 4.79 Å². The highest BCUT2D eigenvalue weighted by atomic mass is 16.2. The summed E-state index contributed by atoms with van der Waals surface area (Å²) in [6, 6.07) is 4.90. The number of likely N-dealkylation sites (tertiary alicyclic amines) is 1. The van der Waals surface area contributed by atoms with Crippen LogP contribution < -0.4 is 21.3 Å². The zero-order valence-corrected chi connectivity index (χ0v) is 25.5. The lowest BCUT2D eigenvalue weighted by Gasteiger charge is -2.35. The second-order valence-corrected chi connectivity index (χ2v) is 12.5. The van der Waals surface area contributed by atoms with Crippen molar-refractivity contribution in [2.75, 3.05) is 19.6 Å². The second-order valence-electron chi connectivity index (χ2n) is 12.5. The fraction of sp³-hybridized carbons (Fsp3) is 0.545. The monoisotopic (exact) mass is 591 g/mol. The van der Waals surface area contributed by atoms with E-state index in [2.05, 4.69) is 48.3 Å². The number of benzene rings is 1. The lowest BCUT2D eigenvalue weighted by Crippen LogP contribution is -2.60. The summed E-state index contributed by atoms with van der Waals surface area (Å²) in [7, 11) is 0. The van der Waals surface area contributed by atoms with Gasteiger partial charge in [-0.2, -0.15) is 0 Å². The normalized spacial score (nSPS) is 22.8. The summed E-state index contributed by atoms with van der Waals surface area (Å²) in [6.07, 6.45) is 5.75. The molecule has 1 aromatic carbocycles. The number of allylic oxidation sites excluding steroid dienone is 1. The third kappa shape index (κ3) is 6.84. The van der Waals surface area contributed by atoms with Gasteiger partial charge in [-0.1, -0.05) is 57.2 Å². The number of carbonyl (C=O) groups is 5. The van der Waals surface area contributed by atoms with E-state index in [0.29, 0.717) is 32.4 Å². The predicted octanol–water partition coefficient (Wildman–Crippen LogP) is 2.28. The molecule has 10 nitrogen and oxygen atoms in total. The molecule has 0 bridgehead atoms. The van der Waals surface area contributed by atoms with Crippen molar-refractivity contribution < 1.29 is 24.0 Å². The minimum absolute atomic E-state index is 0.100. The lowest BCUT2D eigenvalue weighted by atomic mass is 9.93. The minimum Gasteiger partial charge on any atom is -0.346 e. The number of rotatable bonds is 14. The van der Waals surface area contributed by atoms with Gasteiger partial charge in [-0.3, -0.25) is 19.2 Å². The van der Waals surface area contributed by atoms with Crippen LogP contribution in [0.3, 0.4) is 0 Å². The summed E-state index contributed by atoms with van der Waals surface area (Å²) in [4.78, 5) is 68.2. The Balaban J connectivity index is 1.57. The lowest BCUT2D eigenvalue weighted by molar-refractivity contribution is -0.144. The summed E-state index contributed by atoms with van der Waals surface area (Å²) in [6.45, 7) is 14.3. The van der Waals surface area contributed by atoms with E-state index in [-0.39, 0.29) is 42.0 Å². The number of ketones is 1. The zero-order chi connectivity index (χ0) is 31.3. The highest BCUT2D eigenvalue weighted by Gasteiger charge is 2.69. The molecule has 1 aliphatic heterocycles. The number of fused-ring (bicyclic) bond motifs is 2. The van der Waals surface area contributed by atoms with Crippen molar-refractivity contribution in [3.63, 3.8) is 0 Å². The molecule has 5 amide bonds. The fourth-order valence-corrected chi connectivity index (χ4v) is 6.85. The molecule has 232 valence electrons. The molecular weight excluding hydrogens is 546 g/mol. The van der Waals surface area contributed by atoms with Gasteiger partial charge in [0.05, 0.1) is 6.04 Å². The summed E-state index contributed by atoms with van der Waals surface area (Å²) in [5, 5.41) is 11.0. The third-order valence-corrected chi connectivity index (χ3v) is 9.33. The summed E-state index contributed by atoms with van der Waals surface area (Å²) in [5.74, 6) is -2.48. The van der Waals surface area contributed by atoms with E-state index in [4.69, 9.17) is 0 Å². The van der Waals surface area contributed by atoms with E-state index in [0.717, 1.165) is 17.5 Å². The predicted molar refractivity (Wildman–Crippen MR) is 164 cm³/mol. The molecule has 2 aliphatic carbocycles. The Labute approximate surface area is 254 Å². The van der Waals surface area contributed by atoms with Gasteiger partial charge >= 0.3 is 6.03 Å². The van der Waals surface area contributed by atoms with Crippen molar-refractivity contribution in [3.8, 4) is 0 Å². The van der Waals surface area contributed by atoms with Crippen LogP contribution >= 0.6 is 0 Å². The van der Waals surface area contributed by atoms with Crippen LogP contribution in [0, 0.1) is 23.2 Å². The number of nitrogens with one attached hydrogen (secondary N) is 4. The van der Waals surface area contributed by atoms with E-state index >= 15 is 0 Å². The molecule has 4 N–H and O–H groups in total. The van der Waals surface area contributed by atoms with E-state index in [1.54, 1.807) is 11.0 Å². The molecule has 0 spiro atoms. The average Bonchev–Trinajstić information content (AvgIpc) is 3.36. The number of carbonyl (C=O) groups excluding carboxylic acids is 5. The molecule has 1 aromatic rings. The van der Waals surface area contributed by atoms with Gasteiger partial charge in [0.2, 0.25) is 17.6 Å². The quantitative estimate of drug-likeness (QED) is 0.194. The van der Waals surface area contributed by atoms with Crippen LogP contribution in [0.2, 0.25) is 0 Å². The first-order valence-electron chi connectivity index (χ1n) is 15.3. The van der Waals surface area contributed by atoms with Crippen molar-refractivity contribution in [2.24, 2.45) is 23.2 Å². The van der Waals surface area contributed by atoms with Crippen LogP contribution in [0.25, 0.3) is 0 Å². The molecule has 3 unspecified atom stereocenters. The molecule has 43 heavy (non-hydrogen) atoms. The molecule has 0 aromatic heterocycles. The minimum atomic E-state index is -1.06. The van der Waals surface area contributed by atoms with Gasteiger partial charge in [0.1, 0.15) is 12.1 Å². The standard InChI is InChI=1S/C33H45N5O5/c1-6-9-14-24(28(39)30(41)34-15-7-2)36-29(40)27-25-23(33(25,4)5)19-38(27)31(42)26(37-32(43)35-16-8-3)22-17-20-12-10-11-13-21(20)18-22/h6-7,10-13,22-27H,1-2,8-9,14-19H2,3-5H3,(H,34,41)(H,36,40)(H2,35,37,43)/t23?,24?,25?,26-,27-/m0/s1. The molecule has 3 aliphatic rings. The van der Waals surface area contributed by atoms with Crippen LogP contribution in [0.15, 0.2) is 49.6 Å². The van der Waals surface area contributed by atoms with E-state index in [1.165, 1.54) is 6.08 Å². The Morgan fingerprint density at radius 2 is 1.70 bits per heavy atom. The maximum absolute atomic E-state index is 14.4. The zero-order valence-electron chi connectivity index (χ0n) is 25.5. The Morgan fingerprint density at radius 1 is 1.02 bits per heavy atom. The molecule has 1 saturated heterocycles. The SMILES string of the molecule is C=CCCC(NC(=O)[C@@H]1C2C(CN1C(=O)[C@@H](NC(=O)NCCC)C1Cc3ccccc3C1)C2(C)C)C(=O)C(=O)NCC=C. The summed E-state index contributed by atoms with van der Waals surface area (Å²) >= 11 is 0. The smallest absolute Gasteiger partial charge is 0.315 e. The molecular formula is C33H45N5O5. The van der Waals surface area contributed by atoms with Gasteiger partial charge in [-0.15, -0.1) is 13.2 Å². The number of nitrogens with zero attached hydrogens (tertiary/aromatic N) is 1. The maximum atomic E-state index is 14.4. The van der Waals surface area contributed by atoms with Gasteiger partial charge < -0.3 is 26.2 Å². The molecule has 1 heterocycles. The van der Waals surface area contributed by atoms with Gasteiger partial charge in [-0.25, -0.2) is 4.79 Å². The van der Waals surface area contributed by atoms with Gasteiger partial charge in [0.25, 0.3) is 5.91 Å². The van der Waals surface area contributed by atoms with E-state index in [9.17, 15) is 24.0 Å². The number of hydrogen-bond acceptors (Lipinski definition) is 5. The van der Waals surface area contributed by atoms with Crippen molar-refractivity contribution in [1.82, 2.24) is 26.2 Å². The molecule has 1 saturated carbocycles. The maximum Gasteiger partial charge on any atom is 0.315 e. The average molecular weight is 592 g/mol. The fourth-order valence-electron chi connectivity index (χ4n) is 6.85. The number of urea groups is 1. The first kappa shape index (κ1) is 32.0.